The van der Waals surface area contributed by atoms with E-state index < -0.39 is 0 Å². The number of aryl methyl sites for hydroxylation is 1. The third-order valence-corrected chi connectivity index (χ3v) is 3.29. The number of nitrogens with two attached hydrogens (primary N) is 1. The maximum atomic E-state index is 12.8. The smallest absolute Gasteiger partial charge is 0.135 e. The molecule has 4 heteroatoms. The van der Waals surface area contributed by atoms with Crippen LogP contribution in [-0.2, 0) is 19.3 Å². The molecule has 1 aromatic carbocycles. The number of aromatic nitrogens is 2. The number of anilines is 1. The lowest BCUT2D eigenvalue weighted by molar-refractivity contribution is 0.627. The van der Waals surface area contributed by atoms with Crippen LogP contribution in [0.3, 0.4) is 0 Å². The Hall–Kier alpha value is -1.97. The van der Waals surface area contributed by atoms with Gasteiger partial charge in [-0.1, -0.05) is 12.1 Å². The fourth-order valence-electron chi connectivity index (χ4n) is 2.38. The number of hydrogen-bond donors (Lipinski definition) is 1. The zero-order valence-corrected chi connectivity index (χ0v) is 9.99. The van der Waals surface area contributed by atoms with Crippen molar-refractivity contribution in [2.24, 2.45) is 0 Å². The zero-order valence-electron chi connectivity index (χ0n) is 9.99. The topological polar surface area (TPSA) is 51.8 Å². The first-order chi connectivity index (χ1) is 8.72. The van der Waals surface area contributed by atoms with E-state index in [0.29, 0.717) is 12.2 Å². The summed E-state index contributed by atoms with van der Waals surface area (Å²) in [6, 6.07) is 6.41. The molecule has 0 saturated carbocycles. The minimum atomic E-state index is -0.229. The van der Waals surface area contributed by atoms with Crippen molar-refractivity contribution in [3.63, 3.8) is 0 Å². The molecule has 0 spiro atoms. The highest BCUT2D eigenvalue weighted by atomic mass is 19.1. The second-order valence-corrected chi connectivity index (χ2v) is 4.61. The van der Waals surface area contributed by atoms with E-state index in [0.717, 1.165) is 41.9 Å². The van der Waals surface area contributed by atoms with E-state index in [4.69, 9.17) is 5.73 Å². The summed E-state index contributed by atoms with van der Waals surface area (Å²) in [4.78, 5) is 8.88. The highest BCUT2D eigenvalue weighted by Gasteiger charge is 2.17. The van der Waals surface area contributed by atoms with E-state index >= 15 is 0 Å². The largest absolute Gasteiger partial charge is 0.383 e. The molecule has 1 aliphatic carbocycles. The fourth-order valence-corrected chi connectivity index (χ4v) is 2.38. The Morgan fingerprint density at radius 3 is 2.67 bits per heavy atom. The molecule has 0 fully saturated rings. The van der Waals surface area contributed by atoms with Crippen molar-refractivity contribution in [1.82, 2.24) is 9.97 Å². The predicted octanol–water partition coefficient (Wildman–Crippen LogP) is 2.28. The maximum Gasteiger partial charge on any atom is 0.135 e. The summed E-state index contributed by atoms with van der Waals surface area (Å²) in [7, 11) is 0. The van der Waals surface area contributed by atoms with Gasteiger partial charge in [0.2, 0.25) is 0 Å². The number of benzene rings is 1. The fraction of sp³-hybridized carbons (Fsp3) is 0.286. The maximum absolute atomic E-state index is 12.8. The van der Waals surface area contributed by atoms with Crippen molar-refractivity contribution < 1.29 is 4.39 Å². The minimum Gasteiger partial charge on any atom is -0.383 e. The van der Waals surface area contributed by atoms with Gasteiger partial charge in [-0.25, -0.2) is 14.4 Å². The molecule has 0 atom stereocenters. The number of halogens is 1. The molecule has 3 nitrogen and oxygen atoms in total. The van der Waals surface area contributed by atoms with Crippen LogP contribution in [0.2, 0.25) is 0 Å². The number of nitrogen functional groups attached to an aromatic ring is 1. The Kier molecular flexibility index (Phi) is 2.70. The van der Waals surface area contributed by atoms with Gasteiger partial charge in [0.15, 0.2) is 0 Å². The van der Waals surface area contributed by atoms with Crippen molar-refractivity contribution in [2.45, 2.75) is 25.7 Å². The molecule has 0 saturated heterocycles. The van der Waals surface area contributed by atoms with Crippen LogP contribution in [0.15, 0.2) is 24.3 Å². The third-order valence-electron chi connectivity index (χ3n) is 3.29. The summed E-state index contributed by atoms with van der Waals surface area (Å²) < 4.78 is 12.8. The standard InChI is InChI=1S/C14H14FN3/c15-10-6-4-9(5-7-10)8-13-17-12-3-1-2-11(12)14(16)18-13/h4-7H,1-3,8H2,(H2,16,17,18). The van der Waals surface area contributed by atoms with E-state index in [1.54, 1.807) is 12.1 Å². The second-order valence-electron chi connectivity index (χ2n) is 4.61. The lowest BCUT2D eigenvalue weighted by Gasteiger charge is -2.06. The van der Waals surface area contributed by atoms with E-state index in [9.17, 15) is 4.39 Å². The molecule has 0 aliphatic heterocycles. The first kappa shape index (κ1) is 11.1. The van der Waals surface area contributed by atoms with E-state index in [2.05, 4.69) is 9.97 Å². The average Bonchev–Trinajstić information content (AvgIpc) is 2.81. The van der Waals surface area contributed by atoms with Crippen LogP contribution >= 0.6 is 0 Å². The van der Waals surface area contributed by atoms with Crippen molar-refractivity contribution in [3.8, 4) is 0 Å². The SMILES string of the molecule is Nc1nc(Cc2ccc(F)cc2)nc2c1CCC2. The average molecular weight is 243 g/mol. The van der Waals surface area contributed by atoms with Crippen LogP contribution in [0.4, 0.5) is 10.2 Å². The van der Waals surface area contributed by atoms with Crippen LogP contribution in [0.25, 0.3) is 0 Å². The third kappa shape index (κ3) is 2.06. The molecule has 0 radical (unpaired) electrons. The first-order valence-corrected chi connectivity index (χ1v) is 6.11. The van der Waals surface area contributed by atoms with E-state index in [1.807, 2.05) is 0 Å². The molecule has 0 amide bonds. The summed E-state index contributed by atoms with van der Waals surface area (Å²) >= 11 is 0. The zero-order chi connectivity index (χ0) is 12.5. The molecular formula is C14H14FN3. The van der Waals surface area contributed by atoms with Crippen molar-refractivity contribution in [3.05, 3.63) is 52.7 Å². The Balaban J connectivity index is 1.89. The summed E-state index contributed by atoms with van der Waals surface area (Å²) in [5.41, 5.74) is 9.13. The lowest BCUT2D eigenvalue weighted by Crippen LogP contribution is -2.06. The van der Waals surface area contributed by atoms with Crippen LogP contribution in [0.5, 0.6) is 0 Å². The van der Waals surface area contributed by atoms with Gasteiger partial charge >= 0.3 is 0 Å². The van der Waals surface area contributed by atoms with E-state index in [-0.39, 0.29) is 5.82 Å². The predicted molar refractivity (Wildman–Crippen MR) is 67.7 cm³/mol. The highest BCUT2D eigenvalue weighted by molar-refractivity contribution is 5.45. The van der Waals surface area contributed by atoms with Crippen LogP contribution in [0, 0.1) is 5.82 Å². The van der Waals surface area contributed by atoms with E-state index in [1.165, 1.54) is 12.1 Å². The Morgan fingerprint density at radius 1 is 1.11 bits per heavy atom. The molecule has 92 valence electrons. The number of rotatable bonds is 2. The summed E-state index contributed by atoms with van der Waals surface area (Å²) in [5.74, 6) is 1.10. The van der Waals surface area contributed by atoms with Gasteiger partial charge in [-0.05, 0) is 37.0 Å². The Morgan fingerprint density at radius 2 is 1.89 bits per heavy atom. The summed E-state index contributed by atoms with van der Waals surface area (Å²) in [5, 5.41) is 0. The minimum absolute atomic E-state index is 0.229. The number of nitrogens with zero attached hydrogens (tertiary/aromatic N) is 2. The summed E-state index contributed by atoms with van der Waals surface area (Å²) in [6.07, 6.45) is 3.67. The molecule has 1 heterocycles. The quantitative estimate of drug-likeness (QED) is 0.880. The Bertz CT molecular complexity index is 578. The second kappa shape index (κ2) is 4.37. The van der Waals surface area contributed by atoms with Crippen LogP contribution in [0.1, 0.15) is 29.1 Å². The van der Waals surface area contributed by atoms with Gasteiger partial charge in [-0.3, -0.25) is 0 Å². The van der Waals surface area contributed by atoms with Gasteiger partial charge in [0.05, 0.1) is 0 Å². The molecule has 1 aromatic heterocycles. The van der Waals surface area contributed by atoms with Crippen LogP contribution in [-0.4, -0.2) is 9.97 Å². The van der Waals surface area contributed by atoms with Gasteiger partial charge in [0.25, 0.3) is 0 Å². The van der Waals surface area contributed by atoms with Crippen LogP contribution < -0.4 is 5.73 Å². The molecule has 3 rings (SSSR count). The van der Waals surface area contributed by atoms with Gasteiger partial charge < -0.3 is 5.73 Å². The monoisotopic (exact) mass is 243 g/mol. The molecule has 18 heavy (non-hydrogen) atoms. The molecule has 1 aliphatic rings. The molecule has 2 aromatic rings. The number of fused-ring (bicyclic) bond motifs is 1. The normalized spacial score (nSPS) is 13.6. The molecule has 2 N–H and O–H groups in total. The molecule has 0 bridgehead atoms. The lowest BCUT2D eigenvalue weighted by atomic mass is 10.1. The van der Waals surface area contributed by atoms with Crippen molar-refractivity contribution >= 4 is 5.82 Å². The van der Waals surface area contributed by atoms with Crippen molar-refractivity contribution in [2.75, 3.05) is 5.73 Å². The molecular weight excluding hydrogens is 229 g/mol. The van der Waals surface area contributed by atoms with Gasteiger partial charge in [-0.2, -0.15) is 0 Å². The number of hydrogen-bond acceptors (Lipinski definition) is 3. The van der Waals surface area contributed by atoms with Gasteiger partial charge in [0.1, 0.15) is 17.5 Å². The Labute approximate surface area is 105 Å². The summed E-state index contributed by atoms with van der Waals surface area (Å²) in [6.45, 7) is 0. The first-order valence-electron chi connectivity index (χ1n) is 6.11. The highest BCUT2D eigenvalue weighted by Crippen LogP contribution is 2.24. The molecule has 0 unspecified atom stereocenters. The van der Waals surface area contributed by atoms with Gasteiger partial charge in [0, 0.05) is 17.7 Å². The van der Waals surface area contributed by atoms with Gasteiger partial charge in [-0.15, -0.1) is 0 Å². The van der Waals surface area contributed by atoms with Crippen molar-refractivity contribution in [1.29, 1.82) is 0 Å².